The van der Waals surface area contributed by atoms with Crippen molar-refractivity contribution in [2.24, 2.45) is 0 Å². The van der Waals surface area contributed by atoms with Gasteiger partial charge in [-0.15, -0.1) is 0 Å². The molecule has 1 aromatic heterocycles. The molecule has 16 heavy (non-hydrogen) atoms. The lowest BCUT2D eigenvalue weighted by molar-refractivity contribution is 0.477. The van der Waals surface area contributed by atoms with Crippen molar-refractivity contribution in [2.75, 3.05) is 0 Å². The molecule has 0 amide bonds. The van der Waals surface area contributed by atoms with Crippen molar-refractivity contribution in [3.63, 3.8) is 0 Å². The summed E-state index contributed by atoms with van der Waals surface area (Å²) in [6.07, 6.45) is 2.49. The first-order chi connectivity index (χ1) is 7.58. The Morgan fingerprint density at radius 2 is 1.94 bits per heavy atom. The Labute approximate surface area is 97.4 Å². The van der Waals surface area contributed by atoms with E-state index in [1.807, 2.05) is 0 Å². The smallest absolute Gasteiger partial charge is 0.416 e. The maximum atomic E-state index is 13.4. The summed E-state index contributed by atoms with van der Waals surface area (Å²) in [6.45, 7) is -0.194. The van der Waals surface area contributed by atoms with E-state index in [0.29, 0.717) is 4.47 Å². The third kappa shape index (κ3) is 2.06. The molecule has 0 spiro atoms. The minimum atomic E-state index is -0.708. The number of rotatable bonds is 2. The first-order valence-electron chi connectivity index (χ1n) is 4.35. The summed E-state index contributed by atoms with van der Waals surface area (Å²) < 4.78 is 32.7. The lowest BCUT2D eigenvalue weighted by atomic mass is 10.2. The van der Waals surface area contributed by atoms with Gasteiger partial charge in [-0.1, -0.05) is 15.9 Å². The summed E-state index contributed by atoms with van der Waals surface area (Å²) in [6, 6.07) is 2.28. The van der Waals surface area contributed by atoms with E-state index in [0.717, 1.165) is 23.0 Å². The van der Waals surface area contributed by atoms with Crippen LogP contribution in [0.1, 0.15) is 5.56 Å². The van der Waals surface area contributed by atoms with Gasteiger partial charge in [-0.3, -0.25) is 4.57 Å². The number of aromatic nitrogens is 1. The average Bonchev–Trinajstić information content (AvgIpc) is 2.57. The van der Waals surface area contributed by atoms with Crippen LogP contribution >= 0.6 is 15.9 Å². The average molecular weight is 290 g/mol. The maximum absolute atomic E-state index is 13.4. The molecule has 0 N–H and O–H groups in total. The lowest BCUT2D eigenvalue weighted by Gasteiger charge is -2.05. The van der Waals surface area contributed by atoms with Crippen LogP contribution in [0.25, 0.3) is 0 Å². The van der Waals surface area contributed by atoms with Crippen LogP contribution in [0.4, 0.5) is 8.78 Å². The fourth-order valence-electron chi connectivity index (χ4n) is 1.30. The van der Waals surface area contributed by atoms with E-state index in [4.69, 9.17) is 0 Å². The van der Waals surface area contributed by atoms with Crippen LogP contribution in [-0.2, 0) is 6.54 Å². The number of hydrogen-bond acceptors (Lipinski definition) is 2. The quantitative estimate of drug-likeness (QED) is 0.852. The predicted molar refractivity (Wildman–Crippen MR) is 56.1 cm³/mol. The fraction of sp³-hybridized carbons (Fsp3) is 0.100. The molecule has 0 aliphatic rings. The van der Waals surface area contributed by atoms with Crippen molar-refractivity contribution in [3.8, 4) is 0 Å². The minimum absolute atomic E-state index is 0.174. The molecule has 2 aromatic rings. The largest absolute Gasteiger partial charge is 0.419 e. The third-order valence-electron chi connectivity index (χ3n) is 2.08. The molecule has 1 heterocycles. The second-order valence-electron chi connectivity index (χ2n) is 3.14. The standard InChI is InChI=1S/C10H6BrF2NO2/c11-6-3-8(12)7(9(13)4-6)5-14-1-2-16-10(14)15/h1-4H,5H2. The highest BCUT2D eigenvalue weighted by atomic mass is 79.9. The van der Waals surface area contributed by atoms with E-state index >= 15 is 0 Å². The zero-order valence-corrected chi connectivity index (χ0v) is 9.50. The lowest BCUT2D eigenvalue weighted by Crippen LogP contribution is -2.15. The van der Waals surface area contributed by atoms with Gasteiger partial charge in [0.25, 0.3) is 0 Å². The topological polar surface area (TPSA) is 35.1 Å². The zero-order valence-electron chi connectivity index (χ0n) is 7.91. The Balaban J connectivity index is 2.43. The first-order valence-corrected chi connectivity index (χ1v) is 5.14. The Morgan fingerprint density at radius 1 is 1.31 bits per heavy atom. The molecule has 0 atom stereocenters. The molecule has 0 fully saturated rings. The molecule has 0 bridgehead atoms. The summed E-state index contributed by atoms with van der Waals surface area (Å²) >= 11 is 2.97. The van der Waals surface area contributed by atoms with Crippen LogP contribution in [0, 0.1) is 11.6 Å². The SMILES string of the molecule is O=c1occn1Cc1c(F)cc(Br)cc1F. The van der Waals surface area contributed by atoms with Crippen molar-refractivity contribution in [1.29, 1.82) is 0 Å². The molecule has 84 valence electrons. The number of oxazole rings is 1. The molecule has 2 rings (SSSR count). The van der Waals surface area contributed by atoms with Crippen molar-refractivity contribution >= 4 is 15.9 Å². The van der Waals surface area contributed by atoms with Gasteiger partial charge in [0.1, 0.15) is 17.9 Å². The van der Waals surface area contributed by atoms with Crippen LogP contribution in [-0.4, -0.2) is 4.57 Å². The second kappa shape index (κ2) is 4.21. The van der Waals surface area contributed by atoms with E-state index in [1.54, 1.807) is 0 Å². The monoisotopic (exact) mass is 289 g/mol. The summed E-state index contributed by atoms with van der Waals surface area (Å²) in [7, 11) is 0. The molecular weight excluding hydrogens is 284 g/mol. The number of benzene rings is 1. The minimum Gasteiger partial charge on any atom is -0.416 e. The zero-order chi connectivity index (χ0) is 11.7. The normalized spacial score (nSPS) is 10.7. The Kier molecular flexibility index (Phi) is 2.91. The van der Waals surface area contributed by atoms with Crippen LogP contribution in [0.5, 0.6) is 0 Å². The van der Waals surface area contributed by atoms with E-state index in [2.05, 4.69) is 20.3 Å². The van der Waals surface area contributed by atoms with Gasteiger partial charge in [0.15, 0.2) is 0 Å². The van der Waals surface area contributed by atoms with Gasteiger partial charge in [-0.25, -0.2) is 13.6 Å². The Bertz CT molecular complexity index is 553. The number of nitrogens with zero attached hydrogens (tertiary/aromatic N) is 1. The van der Waals surface area contributed by atoms with Gasteiger partial charge in [-0.2, -0.15) is 0 Å². The van der Waals surface area contributed by atoms with Gasteiger partial charge in [0, 0.05) is 16.2 Å². The molecule has 6 heteroatoms. The highest BCUT2D eigenvalue weighted by Crippen LogP contribution is 2.19. The highest BCUT2D eigenvalue weighted by molar-refractivity contribution is 9.10. The van der Waals surface area contributed by atoms with Gasteiger partial charge < -0.3 is 4.42 Å². The Morgan fingerprint density at radius 3 is 2.44 bits per heavy atom. The van der Waals surface area contributed by atoms with Crippen molar-refractivity contribution < 1.29 is 13.2 Å². The molecule has 0 saturated heterocycles. The Hall–Kier alpha value is -1.43. The van der Waals surface area contributed by atoms with Crippen LogP contribution in [0.15, 0.2) is 38.3 Å². The van der Waals surface area contributed by atoms with E-state index < -0.39 is 17.4 Å². The molecule has 3 nitrogen and oxygen atoms in total. The van der Waals surface area contributed by atoms with Crippen LogP contribution < -0.4 is 5.76 Å². The molecular formula is C10H6BrF2NO2. The van der Waals surface area contributed by atoms with Gasteiger partial charge in [0.05, 0.1) is 6.54 Å². The van der Waals surface area contributed by atoms with Crippen molar-refractivity contribution in [1.82, 2.24) is 4.57 Å². The molecule has 1 aromatic carbocycles. The van der Waals surface area contributed by atoms with E-state index in [9.17, 15) is 13.6 Å². The number of hydrogen-bond donors (Lipinski definition) is 0. The summed E-state index contributed by atoms with van der Waals surface area (Å²) in [5, 5.41) is 0. The van der Waals surface area contributed by atoms with Crippen LogP contribution in [0.3, 0.4) is 0 Å². The van der Waals surface area contributed by atoms with Crippen molar-refractivity contribution in [3.05, 3.63) is 56.8 Å². The molecule has 0 aliphatic carbocycles. The highest BCUT2D eigenvalue weighted by Gasteiger charge is 2.12. The second-order valence-corrected chi connectivity index (χ2v) is 4.06. The molecule has 0 radical (unpaired) electrons. The molecule has 0 aliphatic heterocycles. The summed E-state index contributed by atoms with van der Waals surface area (Å²) in [5.74, 6) is -2.07. The van der Waals surface area contributed by atoms with Gasteiger partial charge in [-0.05, 0) is 12.1 Å². The third-order valence-corrected chi connectivity index (χ3v) is 2.54. The molecule has 0 saturated carbocycles. The van der Waals surface area contributed by atoms with Gasteiger partial charge >= 0.3 is 5.76 Å². The summed E-state index contributed by atoms with van der Waals surface area (Å²) in [5.41, 5.74) is -0.174. The van der Waals surface area contributed by atoms with E-state index in [1.165, 1.54) is 6.20 Å². The van der Waals surface area contributed by atoms with Gasteiger partial charge in [0.2, 0.25) is 0 Å². The number of halogens is 3. The fourth-order valence-corrected chi connectivity index (χ4v) is 1.70. The van der Waals surface area contributed by atoms with E-state index in [-0.39, 0.29) is 12.1 Å². The maximum Gasteiger partial charge on any atom is 0.419 e. The summed E-state index contributed by atoms with van der Waals surface area (Å²) in [4.78, 5) is 11.1. The first kappa shape index (κ1) is 11.1. The van der Waals surface area contributed by atoms with Crippen LogP contribution in [0.2, 0.25) is 0 Å². The molecule has 0 unspecified atom stereocenters. The predicted octanol–water partition coefficient (Wildman–Crippen LogP) is 2.53. The van der Waals surface area contributed by atoms with Crippen molar-refractivity contribution in [2.45, 2.75) is 6.54 Å².